The van der Waals surface area contributed by atoms with E-state index in [1.165, 1.54) is 5.56 Å². The number of carbonyl (C=O) groups is 1. The Bertz CT molecular complexity index is 1240. The molecule has 5 heteroatoms. The first-order valence-electron chi connectivity index (χ1n) is 11.4. The Labute approximate surface area is 195 Å². The predicted molar refractivity (Wildman–Crippen MR) is 132 cm³/mol. The second-order valence-corrected chi connectivity index (χ2v) is 8.82. The molecule has 0 fully saturated rings. The van der Waals surface area contributed by atoms with Crippen molar-refractivity contribution < 1.29 is 9.53 Å². The molecule has 0 N–H and O–H groups in total. The number of hydrogen-bond acceptors (Lipinski definition) is 3. The van der Waals surface area contributed by atoms with Crippen molar-refractivity contribution in [2.24, 2.45) is 0 Å². The molecule has 0 unspecified atom stereocenters. The van der Waals surface area contributed by atoms with Crippen LogP contribution in [0.15, 0.2) is 72.8 Å². The molecule has 0 spiro atoms. The van der Waals surface area contributed by atoms with Gasteiger partial charge in [-0.25, -0.2) is 4.98 Å². The van der Waals surface area contributed by atoms with E-state index in [9.17, 15) is 4.79 Å². The van der Waals surface area contributed by atoms with Crippen molar-refractivity contribution in [3.8, 4) is 5.75 Å². The SMILES string of the molecule is Cc1ccc(C(C)C)c(OCc2nc3ccccc3n2CC(=O)N(C)Cc2ccccc2)c1. The van der Waals surface area contributed by atoms with Crippen molar-refractivity contribution in [1.29, 1.82) is 0 Å². The van der Waals surface area contributed by atoms with Gasteiger partial charge in [0, 0.05) is 13.6 Å². The van der Waals surface area contributed by atoms with Crippen LogP contribution in [0.3, 0.4) is 0 Å². The number of likely N-dealkylation sites (N-methyl/N-ethyl adjacent to an activating group) is 1. The minimum absolute atomic E-state index is 0.0293. The van der Waals surface area contributed by atoms with Crippen LogP contribution in [-0.4, -0.2) is 27.4 Å². The van der Waals surface area contributed by atoms with Gasteiger partial charge in [0.15, 0.2) is 0 Å². The molecule has 0 saturated carbocycles. The fraction of sp³-hybridized carbons (Fsp3) is 0.286. The molecule has 170 valence electrons. The summed E-state index contributed by atoms with van der Waals surface area (Å²) in [5, 5.41) is 0. The van der Waals surface area contributed by atoms with Crippen molar-refractivity contribution in [2.75, 3.05) is 7.05 Å². The second kappa shape index (κ2) is 9.90. The van der Waals surface area contributed by atoms with E-state index in [1.807, 2.05) is 66.2 Å². The molecule has 33 heavy (non-hydrogen) atoms. The number of carbonyl (C=O) groups excluding carboxylic acids is 1. The number of amides is 1. The topological polar surface area (TPSA) is 47.4 Å². The molecule has 0 aliphatic heterocycles. The Morgan fingerprint density at radius 1 is 1.03 bits per heavy atom. The summed E-state index contributed by atoms with van der Waals surface area (Å²) in [6.07, 6.45) is 0. The van der Waals surface area contributed by atoms with Crippen molar-refractivity contribution in [2.45, 2.75) is 46.4 Å². The van der Waals surface area contributed by atoms with Gasteiger partial charge in [-0.2, -0.15) is 0 Å². The highest BCUT2D eigenvalue weighted by molar-refractivity contribution is 5.81. The van der Waals surface area contributed by atoms with Crippen LogP contribution < -0.4 is 4.74 Å². The zero-order chi connectivity index (χ0) is 23.4. The van der Waals surface area contributed by atoms with Crippen LogP contribution >= 0.6 is 0 Å². The molecule has 0 bridgehead atoms. The Morgan fingerprint density at radius 2 is 1.76 bits per heavy atom. The second-order valence-electron chi connectivity index (χ2n) is 8.82. The van der Waals surface area contributed by atoms with Crippen LogP contribution in [0, 0.1) is 6.92 Å². The summed E-state index contributed by atoms with van der Waals surface area (Å²) in [6, 6.07) is 24.2. The number of aryl methyl sites for hydroxylation is 1. The van der Waals surface area contributed by atoms with Gasteiger partial charge in [-0.05, 0) is 47.7 Å². The van der Waals surface area contributed by atoms with Crippen molar-refractivity contribution >= 4 is 16.9 Å². The van der Waals surface area contributed by atoms with Crippen LogP contribution in [0.2, 0.25) is 0 Å². The van der Waals surface area contributed by atoms with Gasteiger partial charge in [0.25, 0.3) is 0 Å². The van der Waals surface area contributed by atoms with Crippen molar-refractivity contribution in [3.63, 3.8) is 0 Å². The highest BCUT2D eigenvalue weighted by Crippen LogP contribution is 2.28. The molecule has 0 atom stereocenters. The van der Waals surface area contributed by atoms with Gasteiger partial charge >= 0.3 is 0 Å². The predicted octanol–water partition coefficient (Wildman–Crippen LogP) is 5.71. The third kappa shape index (κ3) is 5.25. The van der Waals surface area contributed by atoms with Crippen LogP contribution in [0.1, 0.15) is 42.3 Å². The average Bonchev–Trinajstić information content (AvgIpc) is 3.15. The lowest BCUT2D eigenvalue weighted by atomic mass is 10.0. The van der Waals surface area contributed by atoms with E-state index in [0.717, 1.165) is 33.7 Å². The van der Waals surface area contributed by atoms with Gasteiger partial charge in [0.1, 0.15) is 24.7 Å². The molecule has 4 aromatic rings. The first kappa shape index (κ1) is 22.6. The van der Waals surface area contributed by atoms with Crippen molar-refractivity contribution in [3.05, 3.63) is 95.3 Å². The maximum Gasteiger partial charge on any atom is 0.242 e. The summed E-state index contributed by atoms with van der Waals surface area (Å²) >= 11 is 0. The molecule has 0 aliphatic rings. The number of ether oxygens (including phenoxy) is 1. The fourth-order valence-corrected chi connectivity index (χ4v) is 4.00. The molecule has 0 saturated heterocycles. The molecule has 4 rings (SSSR count). The number of rotatable bonds is 8. The smallest absolute Gasteiger partial charge is 0.242 e. The maximum absolute atomic E-state index is 13.1. The number of nitrogens with zero attached hydrogens (tertiary/aromatic N) is 3. The van der Waals surface area contributed by atoms with Crippen molar-refractivity contribution in [1.82, 2.24) is 14.5 Å². The molecule has 1 aromatic heterocycles. The quantitative estimate of drug-likeness (QED) is 0.352. The normalized spacial score (nSPS) is 11.2. The van der Waals surface area contributed by atoms with Gasteiger partial charge in [0.2, 0.25) is 5.91 Å². The molecule has 5 nitrogen and oxygen atoms in total. The third-order valence-electron chi connectivity index (χ3n) is 5.86. The van der Waals surface area contributed by atoms with E-state index in [-0.39, 0.29) is 12.5 Å². The molecule has 0 radical (unpaired) electrons. The summed E-state index contributed by atoms with van der Waals surface area (Å²) in [5.74, 6) is 2.00. The van der Waals surface area contributed by atoms with E-state index >= 15 is 0 Å². The lowest BCUT2D eigenvalue weighted by Crippen LogP contribution is -2.30. The van der Waals surface area contributed by atoms with Gasteiger partial charge < -0.3 is 14.2 Å². The van der Waals surface area contributed by atoms with Gasteiger partial charge in [-0.15, -0.1) is 0 Å². The Hall–Kier alpha value is -3.60. The number of aromatic nitrogens is 2. The third-order valence-corrected chi connectivity index (χ3v) is 5.86. The first-order valence-corrected chi connectivity index (χ1v) is 11.4. The highest BCUT2D eigenvalue weighted by Gasteiger charge is 2.18. The van der Waals surface area contributed by atoms with Crippen LogP contribution in [0.4, 0.5) is 0 Å². The zero-order valence-corrected chi connectivity index (χ0v) is 19.8. The Morgan fingerprint density at radius 3 is 2.52 bits per heavy atom. The first-order chi connectivity index (χ1) is 15.9. The van der Waals surface area contributed by atoms with Crippen LogP contribution in [-0.2, 0) is 24.5 Å². The average molecular weight is 442 g/mol. The number of benzene rings is 3. The summed E-state index contributed by atoms with van der Waals surface area (Å²) in [5.41, 5.74) is 5.23. The molecule has 3 aromatic carbocycles. The minimum Gasteiger partial charge on any atom is -0.485 e. The largest absolute Gasteiger partial charge is 0.485 e. The zero-order valence-electron chi connectivity index (χ0n) is 19.8. The van der Waals surface area contributed by atoms with Gasteiger partial charge in [-0.1, -0.05) is 68.4 Å². The summed E-state index contributed by atoms with van der Waals surface area (Å²) in [4.78, 5) is 19.7. The molecule has 1 heterocycles. The maximum atomic E-state index is 13.1. The van der Waals surface area contributed by atoms with Gasteiger partial charge in [-0.3, -0.25) is 4.79 Å². The molecular weight excluding hydrogens is 410 g/mol. The Balaban J connectivity index is 1.57. The van der Waals surface area contributed by atoms with E-state index in [4.69, 9.17) is 9.72 Å². The number of imidazole rings is 1. The molecule has 0 aliphatic carbocycles. The van der Waals surface area contributed by atoms with E-state index < -0.39 is 0 Å². The number of para-hydroxylation sites is 2. The van der Waals surface area contributed by atoms with E-state index in [2.05, 4.69) is 39.0 Å². The summed E-state index contributed by atoms with van der Waals surface area (Å²) in [6.45, 7) is 7.47. The van der Waals surface area contributed by atoms with E-state index in [1.54, 1.807) is 4.90 Å². The lowest BCUT2D eigenvalue weighted by molar-refractivity contribution is -0.131. The van der Waals surface area contributed by atoms with Crippen LogP contribution in [0.25, 0.3) is 11.0 Å². The fourth-order valence-electron chi connectivity index (χ4n) is 4.00. The Kier molecular flexibility index (Phi) is 6.78. The number of fused-ring (bicyclic) bond motifs is 1. The number of hydrogen-bond donors (Lipinski definition) is 0. The monoisotopic (exact) mass is 441 g/mol. The molecular formula is C28H31N3O2. The summed E-state index contributed by atoms with van der Waals surface area (Å²) in [7, 11) is 1.84. The summed E-state index contributed by atoms with van der Waals surface area (Å²) < 4.78 is 8.24. The van der Waals surface area contributed by atoms with Crippen LogP contribution in [0.5, 0.6) is 5.75 Å². The van der Waals surface area contributed by atoms with Gasteiger partial charge in [0.05, 0.1) is 11.0 Å². The standard InChI is InChI=1S/C28H31N3O2/c1-20(2)23-15-14-21(3)16-26(23)33-19-27-29-24-12-8-9-13-25(24)31(27)18-28(32)30(4)17-22-10-6-5-7-11-22/h5-16,20H,17-19H2,1-4H3. The highest BCUT2D eigenvalue weighted by atomic mass is 16.5. The lowest BCUT2D eigenvalue weighted by Gasteiger charge is -2.19. The molecule has 1 amide bonds. The minimum atomic E-state index is 0.0293. The van der Waals surface area contributed by atoms with E-state index in [0.29, 0.717) is 19.1 Å².